The maximum absolute atomic E-state index is 13.7. The summed E-state index contributed by atoms with van der Waals surface area (Å²) < 4.78 is 15.7. The van der Waals surface area contributed by atoms with Crippen molar-refractivity contribution in [3.63, 3.8) is 0 Å². The molecule has 1 aliphatic rings. The largest absolute Gasteiger partial charge is 0.350 e. The summed E-state index contributed by atoms with van der Waals surface area (Å²) in [6.45, 7) is 0.963. The number of hydrogen-bond acceptors (Lipinski definition) is 3. The Balaban J connectivity index is 1.50. The van der Waals surface area contributed by atoms with E-state index in [1.54, 1.807) is 24.5 Å². The molecular weight excluding hydrogens is 343 g/mol. The summed E-state index contributed by atoms with van der Waals surface area (Å²) in [7, 11) is 0. The van der Waals surface area contributed by atoms with Gasteiger partial charge in [0.15, 0.2) is 0 Å². The fraction of sp³-hybridized carbons (Fsp3) is 0.286. The molecule has 0 spiro atoms. The van der Waals surface area contributed by atoms with Crippen LogP contribution in [0.4, 0.5) is 4.39 Å². The molecule has 0 fully saturated rings. The van der Waals surface area contributed by atoms with Crippen LogP contribution in [-0.4, -0.2) is 27.2 Å². The zero-order valence-electron chi connectivity index (χ0n) is 15.0. The lowest BCUT2D eigenvalue weighted by Crippen LogP contribution is -2.28. The molecule has 27 heavy (non-hydrogen) atoms. The normalized spacial score (nSPS) is 13.2. The average molecular weight is 364 g/mol. The number of hydrogen-bond donors (Lipinski definition) is 1. The molecule has 4 rings (SSSR count). The highest BCUT2D eigenvalue weighted by Crippen LogP contribution is 2.30. The Morgan fingerprint density at radius 2 is 1.89 bits per heavy atom. The molecule has 0 saturated heterocycles. The SMILES string of the molecule is O=C(NCCn1nc(-c2ccncc2)c2c1CCCC2)c1ccccc1F. The number of amides is 1. The van der Waals surface area contributed by atoms with Gasteiger partial charge in [0.1, 0.15) is 5.82 Å². The predicted octanol–water partition coefficient (Wildman–Crippen LogP) is 3.39. The van der Waals surface area contributed by atoms with Gasteiger partial charge in [0.2, 0.25) is 0 Å². The Kier molecular flexibility index (Phi) is 4.96. The van der Waals surface area contributed by atoms with Crippen LogP contribution in [0.15, 0.2) is 48.8 Å². The molecule has 1 amide bonds. The maximum Gasteiger partial charge on any atom is 0.254 e. The highest BCUT2D eigenvalue weighted by atomic mass is 19.1. The van der Waals surface area contributed by atoms with E-state index >= 15 is 0 Å². The van der Waals surface area contributed by atoms with Crippen molar-refractivity contribution in [3.05, 3.63) is 71.4 Å². The minimum atomic E-state index is -0.508. The molecule has 0 atom stereocenters. The van der Waals surface area contributed by atoms with Crippen LogP contribution in [0.25, 0.3) is 11.3 Å². The molecule has 2 aromatic heterocycles. The molecule has 6 heteroatoms. The topological polar surface area (TPSA) is 59.8 Å². The number of nitrogens with zero attached hydrogens (tertiary/aromatic N) is 3. The Morgan fingerprint density at radius 1 is 1.11 bits per heavy atom. The van der Waals surface area contributed by atoms with Gasteiger partial charge in [-0.3, -0.25) is 14.5 Å². The van der Waals surface area contributed by atoms with E-state index in [1.165, 1.54) is 29.8 Å². The second-order valence-electron chi connectivity index (χ2n) is 6.68. The first kappa shape index (κ1) is 17.4. The number of pyridine rings is 1. The fourth-order valence-electron chi connectivity index (χ4n) is 3.61. The minimum Gasteiger partial charge on any atom is -0.350 e. The van der Waals surface area contributed by atoms with E-state index in [0.29, 0.717) is 13.1 Å². The lowest BCUT2D eigenvalue weighted by molar-refractivity contribution is 0.0948. The van der Waals surface area contributed by atoms with E-state index in [4.69, 9.17) is 5.10 Å². The van der Waals surface area contributed by atoms with Crippen molar-refractivity contribution >= 4 is 5.91 Å². The third-order valence-electron chi connectivity index (χ3n) is 4.94. The fourth-order valence-corrected chi connectivity index (χ4v) is 3.61. The first-order chi connectivity index (χ1) is 13.2. The summed E-state index contributed by atoms with van der Waals surface area (Å²) in [6, 6.07) is 9.95. The van der Waals surface area contributed by atoms with Gasteiger partial charge in [0.05, 0.1) is 17.8 Å². The Morgan fingerprint density at radius 3 is 2.70 bits per heavy atom. The van der Waals surface area contributed by atoms with Gasteiger partial charge >= 0.3 is 0 Å². The predicted molar refractivity (Wildman–Crippen MR) is 101 cm³/mol. The summed E-state index contributed by atoms with van der Waals surface area (Å²) in [4.78, 5) is 16.3. The summed E-state index contributed by atoms with van der Waals surface area (Å²) >= 11 is 0. The van der Waals surface area contributed by atoms with Crippen LogP contribution in [-0.2, 0) is 19.4 Å². The molecule has 0 aliphatic heterocycles. The third-order valence-corrected chi connectivity index (χ3v) is 4.94. The van der Waals surface area contributed by atoms with Crippen molar-refractivity contribution in [2.75, 3.05) is 6.54 Å². The van der Waals surface area contributed by atoms with Crippen LogP contribution in [0.3, 0.4) is 0 Å². The lowest BCUT2D eigenvalue weighted by atomic mass is 9.94. The van der Waals surface area contributed by atoms with Crippen LogP contribution >= 0.6 is 0 Å². The van der Waals surface area contributed by atoms with Crippen molar-refractivity contribution in [1.82, 2.24) is 20.1 Å². The van der Waals surface area contributed by atoms with Gasteiger partial charge in [0.25, 0.3) is 5.91 Å². The second kappa shape index (κ2) is 7.70. The molecule has 2 heterocycles. The van der Waals surface area contributed by atoms with Crippen molar-refractivity contribution in [2.45, 2.75) is 32.2 Å². The number of carbonyl (C=O) groups excluding carboxylic acids is 1. The molecule has 1 aliphatic carbocycles. The molecule has 0 bridgehead atoms. The third kappa shape index (κ3) is 3.60. The van der Waals surface area contributed by atoms with Crippen molar-refractivity contribution < 1.29 is 9.18 Å². The lowest BCUT2D eigenvalue weighted by Gasteiger charge is -2.14. The van der Waals surface area contributed by atoms with E-state index in [9.17, 15) is 9.18 Å². The smallest absolute Gasteiger partial charge is 0.254 e. The quantitative estimate of drug-likeness (QED) is 0.755. The molecule has 0 radical (unpaired) electrons. The van der Waals surface area contributed by atoms with Crippen LogP contribution in [0.1, 0.15) is 34.5 Å². The maximum atomic E-state index is 13.7. The van der Waals surface area contributed by atoms with E-state index in [0.717, 1.165) is 30.5 Å². The van der Waals surface area contributed by atoms with Crippen molar-refractivity contribution in [1.29, 1.82) is 0 Å². The molecule has 138 valence electrons. The van der Waals surface area contributed by atoms with Gasteiger partial charge in [0, 0.05) is 35.8 Å². The van der Waals surface area contributed by atoms with Gasteiger partial charge in [-0.2, -0.15) is 5.10 Å². The van der Waals surface area contributed by atoms with E-state index < -0.39 is 11.7 Å². The van der Waals surface area contributed by atoms with Crippen molar-refractivity contribution in [2.24, 2.45) is 0 Å². The van der Waals surface area contributed by atoms with E-state index in [-0.39, 0.29) is 5.56 Å². The number of benzene rings is 1. The highest BCUT2D eigenvalue weighted by Gasteiger charge is 2.21. The number of carbonyl (C=O) groups is 1. The zero-order chi connectivity index (χ0) is 18.6. The van der Waals surface area contributed by atoms with Crippen LogP contribution < -0.4 is 5.32 Å². The number of aromatic nitrogens is 3. The van der Waals surface area contributed by atoms with E-state index in [1.807, 2.05) is 16.8 Å². The number of rotatable bonds is 5. The minimum absolute atomic E-state index is 0.0671. The van der Waals surface area contributed by atoms with Crippen LogP contribution in [0.2, 0.25) is 0 Å². The Labute approximate surface area is 157 Å². The Bertz CT molecular complexity index is 952. The van der Waals surface area contributed by atoms with Crippen LogP contribution in [0, 0.1) is 5.82 Å². The highest BCUT2D eigenvalue weighted by molar-refractivity contribution is 5.94. The second-order valence-corrected chi connectivity index (χ2v) is 6.68. The molecular formula is C21H21FN4O. The van der Waals surface area contributed by atoms with Gasteiger partial charge in [-0.1, -0.05) is 12.1 Å². The first-order valence-electron chi connectivity index (χ1n) is 9.25. The first-order valence-corrected chi connectivity index (χ1v) is 9.25. The Hall–Kier alpha value is -3.02. The molecule has 0 saturated carbocycles. The number of nitrogens with one attached hydrogen (secondary N) is 1. The van der Waals surface area contributed by atoms with Crippen molar-refractivity contribution in [3.8, 4) is 11.3 Å². The van der Waals surface area contributed by atoms with Gasteiger partial charge in [-0.15, -0.1) is 0 Å². The van der Waals surface area contributed by atoms with Gasteiger partial charge in [-0.25, -0.2) is 4.39 Å². The molecule has 0 unspecified atom stereocenters. The number of halogens is 1. The monoisotopic (exact) mass is 364 g/mol. The van der Waals surface area contributed by atoms with Gasteiger partial charge in [-0.05, 0) is 49.9 Å². The molecule has 5 nitrogen and oxygen atoms in total. The summed E-state index contributed by atoms with van der Waals surface area (Å²) in [6.07, 6.45) is 7.89. The summed E-state index contributed by atoms with van der Waals surface area (Å²) in [5.74, 6) is -0.907. The molecule has 1 N–H and O–H groups in total. The summed E-state index contributed by atoms with van der Waals surface area (Å²) in [5.41, 5.74) is 4.68. The average Bonchev–Trinajstić information content (AvgIpc) is 3.08. The van der Waals surface area contributed by atoms with E-state index in [2.05, 4.69) is 10.3 Å². The van der Waals surface area contributed by atoms with Crippen LogP contribution in [0.5, 0.6) is 0 Å². The zero-order valence-corrected chi connectivity index (χ0v) is 15.0. The number of fused-ring (bicyclic) bond motifs is 1. The standard InChI is InChI=1S/C21H21FN4O/c22-18-7-3-1-5-16(18)21(27)24-13-14-26-19-8-4-2-6-17(19)20(25-26)15-9-11-23-12-10-15/h1,3,5,7,9-12H,2,4,6,8,13-14H2,(H,24,27). The molecule has 3 aromatic rings. The van der Waals surface area contributed by atoms with Gasteiger partial charge < -0.3 is 5.32 Å². The molecule has 1 aromatic carbocycles. The summed E-state index contributed by atoms with van der Waals surface area (Å²) in [5, 5.41) is 7.61.